The van der Waals surface area contributed by atoms with Crippen LogP contribution >= 0.6 is 0 Å². The van der Waals surface area contributed by atoms with E-state index in [0.717, 1.165) is 25.3 Å². The largest absolute Gasteiger partial charge is 0.494 e. The topological polar surface area (TPSA) is 50.9 Å². The quantitative estimate of drug-likeness (QED) is 0.670. The van der Waals surface area contributed by atoms with Crippen molar-refractivity contribution in [2.24, 2.45) is 16.6 Å². The number of benzene rings is 1. The van der Waals surface area contributed by atoms with Gasteiger partial charge in [0.2, 0.25) is 0 Å². The highest BCUT2D eigenvalue weighted by molar-refractivity contribution is 5.78. The molecule has 1 unspecified atom stereocenters. The zero-order chi connectivity index (χ0) is 15.1. The summed E-state index contributed by atoms with van der Waals surface area (Å²) >= 11 is 0. The lowest BCUT2D eigenvalue weighted by Gasteiger charge is -2.31. The van der Waals surface area contributed by atoms with Crippen molar-refractivity contribution in [3.63, 3.8) is 0 Å². The molecule has 1 heterocycles. The first kappa shape index (κ1) is 15.7. The Morgan fingerprint density at radius 1 is 1.43 bits per heavy atom. The molecular formula is C17H27N3O. The third-order valence-electron chi connectivity index (χ3n) is 3.91. The minimum absolute atomic E-state index is 0.689. The van der Waals surface area contributed by atoms with E-state index >= 15 is 0 Å². The molecule has 0 bridgehead atoms. The number of nitrogens with zero attached hydrogens (tertiary/aromatic N) is 2. The summed E-state index contributed by atoms with van der Waals surface area (Å²) in [6, 6.07) is 8.15. The van der Waals surface area contributed by atoms with E-state index in [4.69, 9.17) is 10.5 Å². The molecule has 21 heavy (non-hydrogen) atoms. The first-order chi connectivity index (χ1) is 10.2. The Labute approximate surface area is 128 Å². The summed E-state index contributed by atoms with van der Waals surface area (Å²) in [7, 11) is 0. The fraction of sp³-hybridized carbons (Fsp3) is 0.588. The molecule has 2 rings (SSSR count). The number of hydrogen-bond donors (Lipinski definition) is 1. The van der Waals surface area contributed by atoms with Crippen LogP contribution < -0.4 is 10.5 Å². The number of likely N-dealkylation sites (tertiary alicyclic amines) is 1. The summed E-state index contributed by atoms with van der Waals surface area (Å²) in [5.41, 5.74) is 7.31. The van der Waals surface area contributed by atoms with Gasteiger partial charge in [0.25, 0.3) is 0 Å². The first-order valence-corrected chi connectivity index (χ1v) is 7.96. The van der Waals surface area contributed by atoms with E-state index in [9.17, 15) is 0 Å². The predicted molar refractivity (Wildman–Crippen MR) is 87.8 cm³/mol. The number of ether oxygens (including phenoxy) is 1. The van der Waals surface area contributed by atoms with Gasteiger partial charge in [0.05, 0.1) is 6.61 Å². The molecule has 1 aliphatic rings. The molecule has 2 N–H and O–H groups in total. The third kappa shape index (κ3) is 4.66. The zero-order valence-electron chi connectivity index (χ0n) is 13.2. The number of rotatable bonds is 5. The fourth-order valence-corrected chi connectivity index (χ4v) is 2.80. The molecule has 1 aromatic carbocycles. The van der Waals surface area contributed by atoms with Crippen LogP contribution in [0.3, 0.4) is 0 Å². The van der Waals surface area contributed by atoms with Gasteiger partial charge in [0, 0.05) is 19.6 Å². The lowest BCUT2D eigenvalue weighted by Crippen LogP contribution is -2.43. The Bertz CT molecular complexity index is 473. The number of piperidine rings is 1. The molecule has 0 amide bonds. The van der Waals surface area contributed by atoms with Gasteiger partial charge in [-0.3, -0.25) is 4.99 Å². The Morgan fingerprint density at radius 2 is 2.24 bits per heavy atom. The van der Waals surface area contributed by atoms with Crippen molar-refractivity contribution >= 4 is 5.96 Å². The van der Waals surface area contributed by atoms with Crippen LogP contribution in [0, 0.1) is 5.92 Å². The summed E-state index contributed by atoms with van der Waals surface area (Å²) < 4.78 is 5.63. The SMILES string of the molecule is CCOc1ccccc1CCN=C(N)N1CCCC(C)C1. The van der Waals surface area contributed by atoms with Crippen LogP contribution in [0.15, 0.2) is 29.3 Å². The molecule has 0 aromatic heterocycles. The lowest BCUT2D eigenvalue weighted by atomic mass is 10.0. The van der Waals surface area contributed by atoms with Crippen molar-refractivity contribution in [1.82, 2.24) is 4.90 Å². The zero-order valence-corrected chi connectivity index (χ0v) is 13.2. The average molecular weight is 289 g/mol. The second-order valence-electron chi connectivity index (χ2n) is 5.72. The van der Waals surface area contributed by atoms with Gasteiger partial charge in [0.1, 0.15) is 5.75 Å². The van der Waals surface area contributed by atoms with E-state index in [1.165, 1.54) is 18.4 Å². The average Bonchev–Trinajstić information content (AvgIpc) is 2.49. The first-order valence-electron chi connectivity index (χ1n) is 7.96. The molecule has 1 saturated heterocycles. The summed E-state index contributed by atoms with van der Waals surface area (Å²) in [6.45, 7) is 7.75. The van der Waals surface area contributed by atoms with Crippen LogP contribution in [0.2, 0.25) is 0 Å². The van der Waals surface area contributed by atoms with E-state index in [1.807, 2.05) is 25.1 Å². The number of aliphatic imine (C=N–C) groups is 1. The Kier molecular flexibility index (Phi) is 5.90. The predicted octanol–water partition coefficient (Wildman–Crippen LogP) is 2.67. The number of hydrogen-bond acceptors (Lipinski definition) is 2. The highest BCUT2D eigenvalue weighted by Crippen LogP contribution is 2.19. The van der Waals surface area contributed by atoms with Crippen molar-refractivity contribution in [3.05, 3.63) is 29.8 Å². The van der Waals surface area contributed by atoms with Crippen LogP contribution in [0.25, 0.3) is 0 Å². The smallest absolute Gasteiger partial charge is 0.191 e. The maximum atomic E-state index is 6.12. The van der Waals surface area contributed by atoms with Crippen molar-refractivity contribution in [3.8, 4) is 5.75 Å². The monoisotopic (exact) mass is 289 g/mol. The Morgan fingerprint density at radius 3 is 3.00 bits per heavy atom. The molecule has 4 heteroatoms. The Hall–Kier alpha value is -1.71. The van der Waals surface area contributed by atoms with Crippen LogP contribution in [0.5, 0.6) is 5.75 Å². The van der Waals surface area contributed by atoms with Gasteiger partial charge in [-0.1, -0.05) is 25.1 Å². The molecule has 1 aromatic rings. The summed E-state index contributed by atoms with van der Waals surface area (Å²) in [5, 5.41) is 0. The standard InChI is InChI=1S/C17H27N3O/c1-3-21-16-9-5-4-8-15(16)10-11-19-17(18)20-12-6-7-14(2)13-20/h4-5,8-9,14H,3,6-7,10-13H2,1-2H3,(H2,18,19). The minimum atomic E-state index is 0.689. The van der Waals surface area contributed by atoms with Gasteiger partial charge in [-0.15, -0.1) is 0 Å². The maximum absolute atomic E-state index is 6.12. The second-order valence-corrected chi connectivity index (χ2v) is 5.72. The van der Waals surface area contributed by atoms with E-state index in [2.05, 4.69) is 22.9 Å². The van der Waals surface area contributed by atoms with Crippen molar-refractivity contribution in [2.75, 3.05) is 26.2 Å². The molecule has 1 fully saturated rings. The van der Waals surface area contributed by atoms with Gasteiger partial charge in [-0.25, -0.2) is 0 Å². The lowest BCUT2D eigenvalue weighted by molar-refractivity contribution is 0.270. The van der Waals surface area contributed by atoms with E-state index in [0.29, 0.717) is 25.0 Å². The van der Waals surface area contributed by atoms with Crippen LogP contribution in [-0.4, -0.2) is 37.1 Å². The number of para-hydroxylation sites is 1. The molecule has 116 valence electrons. The molecule has 0 saturated carbocycles. The van der Waals surface area contributed by atoms with Gasteiger partial charge in [0.15, 0.2) is 5.96 Å². The third-order valence-corrected chi connectivity index (χ3v) is 3.91. The van der Waals surface area contributed by atoms with Gasteiger partial charge < -0.3 is 15.4 Å². The summed E-state index contributed by atoms with van der Waals surface area (Å²) in [6.07, 6.45) is 3.37. The highest BCUT2D eigenvalue weighted by Gasteiger charge is 2.17. The molecule has 0 radical (unpaired) electrons. The van der Waals surface area contributed by atoms with Crippen molar-refractivity contribution in [2.45, 2.75) is 33.1 Å². The van der Waals surface area contributed by atoms with Crippen molar-refractivity contribution in [1.29, 1.82) is 0 Å². The fourth-order valence-electron chi connectivity index (χ4n) is 2.80. The molecule has 0 aliphatic carbocycles. The number of nitrogens with two attached hydrogens (primary N) is 1. The summed E-state index contributed by atoms with van der Waals surface area (Å²) in [5.74, 6) is 2.36. The second kappa shape index (κ2) is 7.91. The van der Waals surface area contributed by atoms with Gasteiger partial charge in [-0.05, 0) is 43.7 Å². The maximum Gasteiger partial charge on any atom is 0.191 e. The van der Waals surface area contributed by atoms with Gasteiger partial charge >= 0.3 is 0 Å². The Balaban J connectivity index is 1.89. The minimum Gasteiger partial charge on any atom is -0.494 e. The molecule has 0 spiro atoms. The molecule has 4 nitrogen and oxygen atoms in total. The van der Waals surface area contributed by atoms with E-state index in [1.54, 1.807) is 0 Å². The van der Waals surface area contributed by atoms with Crippen LogP contribution in [0.4, 0.5) is 0 Å². The highest BCUT2D eigenvalue weighted by atomic mass is 16.5. The normalized spacial score (nSPS) is 19.6. The van der Waals surface area contributed by atoms with E-state index < -0.39 is 0 Å². The van der Waals surface area contributed by atoms with Crippen LogP contribution in [0.1, 0.15) is 32.3 Å². The van der Waals surface area contributed by atoms with E-state index in [-0.39, 0.29) is 0 Å². The van der Waals surface area contributed by atoms with Crippen molar-refractivity contribution < 1.29 is 4.74 Å². The molecular weight excluding hydrogens is 262 g/mol. The summed E-state index contributed by atoms with van der Waals surface area (Å²) in [4.78, 5) is 6.75. The number of guanidine groups is 1. The molecule has 1 atom stereocenters. The molecule has 1 aliphatic heterocycles. The van der Waals surface area contributed by atoms with Gasteiger partial charge in [-0.2, -0.15) is 0 Å². The van der Waals surface area contributed by atoms with Crippen LogP contribution in [-0.2, 0) is 6.42 Å².